The van der Waals surface area contributed by atoms with Crippen LogP contribution in [0.15, 0.2) is 30.3 Å². The first-order valence-electron chi connectivity index (χ1n) is 8.35. The Balaban J connectivity index is 1.50. The van der Waals surface area contributed by atoms with E-state index in [-0.39, 0.29) is 5.69 Å². The van der Waals surface area contributed by atoms with Gasteiger partial charge in [-0.1, -0.05) is 6.07 Å². The standard InChI is InChI=1S/C18H20F2N4O/c19-14-4-3-13(15(20)11-14)2-1-12-7-9-24(10-8-12)17-6-5-16(18(21)25)22-23-17/h3-6,11-12H,1-2,7-10H2,(H2,21,25). The molecule has 1 aromatic heterocycles. The molecule has 2 heterocycles. The van der Waals surface area contributed by atoms with Crippen LogP contribution in [-0.2, 0) is 6.42 Å². The number of carbonyl (C=O) groups is 1. The van der Waals surface area contributed by atoms with Crippen LogP contribution in [0.25, 0.3) is 0 Å². The first-order chi connectivity index (χ1) is 12.0. The molecule has 3 rings (SSSR count). The highest BCUT2D eigenvalue weighted by Crippen LogP contribution is 2.25. The van der Waals surface area contributed by atoms with Gasteiger partial charge in [-0.05, 0) is 55.4 Å². The summed E-state index contributed by atoms with van der Waals surface area (Å²) in [6, 6.07) is 7.09. The lowest BCUT2D eigenvalue weighted by molar-refractivity contribution is 0.0994. The second kappa shape index (κ2) is 7.55. The lowest BCUT2D eigenvalue weighted by Gasteiger charge is -2.32. The normalized spacial score (nSPS) is 15.4. The summed E-state index contributed by atoms with van der Waals surface area (Å²) in [4.78, 5) is 13.1. The molecule has 0 radical (unpaired) electrons. The highest BCUT2D eigenvalue weighted by molar-refractivity contribution is 5.90. The Bertz CT molecular complexity index is 743. The molecule has 132 valence electrons. The summed E-state index contributed by atoms with van der Waals surface area (Å²) < 4.78 is 26.6. The van der Waals surface area contributed by atoms with Gasteiger partial charge in [-0.3, -0.25) is 4.79 Å². The number of nitrogens with two attached hydrogens (primary N) is 1. The minimum Gasteiger partial charge on any atom is -0.364 e. The number of carbonyl (C=O) groups excluding carboxylic acids is 1. The second-order valence-corrected chi connectivity index (χ2v) is 6.35. The molecule has 25 heavy (non-hydrogen) atoms. The summed E-state index contributed by atoms with van der Waals surface area (Å²) >= 11 is 0. The molecule has 7 heteroatoms. The number of rotatable bonds is 5. The molecule has 1 aromatic carbocycles. The summed E-state index contributed by atoms with van der Waals surface area (Å²) in [5.41, 5.74) is 5.88. The van der Waals surface area contributed by atoms with Crippen LogP contribution in [0.3, 0.4) is 0 Å². The van der Waals surface area contributed by atoms with Crippen molar-refractivity contribution < 1.29 is 13.6 Å². The average Bonchev–Trinajstić information content (AvgIpc) is 2.61. The number of amides is 1. The van der Waals surface area contributed by atoms with Gasteiger partial charge in [0.05, 0.1) is 0 Å². The number of primary amides is 1. The number of aryl methyl sites for hydroxylation is 1. The molecule has 0 spiro atoms. The zero-order valence-electron chi connectivity index (χ0n) is 13.8. The Labute approximate surface area is 144 Å². The van der Waals surface area contributed by atoms with Gasteiger partial charge in [0, 0.05) is 19.2 Å². The van der Waals surface area contributed by atoms with Crippen LogP contribution in [0.2, 0.25) is 0 Å². The van der Waals surface area contributed by atoms with Gasteiger partial charge >= 0.3 is 0 Å². The quantitative estimate of drug-likeness (QED) is 0.903. The van der Waals surface area contributed by atoms with Gasteiger partial charge < -0.3 is 10.6 Å². The summed E-state index contributed by atoms with van der Waals surface area (Å²) in [6.07, 6.45) is 3.44. The fraction of sp³-hybridized carbons (Fsp3) is 0.389. The molecule has 0 saturated carbocycles. The molecule has 1 saturated heterocycles. The van der Waals surface area contributed by atoms with Crippen LogP contribution in [0.5, 0.6) is 0 Å². The molecule has 0 aliphatic carbocycles. The molecular formula is C18H20F2N4O. The van der Waals surface area contributed by atoms with Gasteiger partial charge in [-0.2, -0.15) is 0 Å². The fourth-order valence-electron chi connectivity index (χ4n) is 3.16. The van der Waals surface area contributed by atoms with Crippen LogP contribution in [0.4, 0.5) is 14.6 Å². The lowest BCUT2D eigenvalue weighted by Crippen LogP contribution is -2.34. The summed E-state index contributed by atoms with van der Waals surface area (Å²) in [5, 5.41) is 7.88. The lowest BCUT2D eigenvalue weighted by atomic mass is 9.90. The average molecular weight is 346 g/mol. The number of hydrogen-bond donors (Lipinski definition) is 1. The van der Waals surface area contributed by atoms with Crippen LogP contribution in [0.1, 0.15) is 35.3 Å². The largest absolute Gasteiger partial charge is 0.364 e. The smallest absolute Gasteiger partial charge is 0.269 e. The highest BCUT2D eigenvalue weighted by Gasteiger charge is 2.21. The van der Waals surface area contributed by atoms with E-state index in [1.54, 1.807) is 12.1 Å². The number of anilines is 1. The van der Waals surface area contributed by atoms with E-state index in [0.717, 1.165) is 44.2 Å². The highest BCUT2D eigenvalue weighted by atomic mass is 19.1. The molecule has 2 N–H and O–H groups in total. The maximum atomic E-state index is 13.7. The van der Waals surface area contributed by atoms with E-state index in [0.29, 0.717) is 17.9 Å². The number of hydrogen-bond acceptors (Lipinski definition) is 4. The molecule has 2 aromatic rings. The fourth-order valence-corrected chi connectivity index (χ4v) is 3.16. The van der Waals surface area contributed by atoms with E-state index in [1.165, 1.54) is 12.1 Å². The van der Waals surface area contributed by atoms with Gasteiger partial charge in [0.15, 0.2) is 11.5 Å². The van der Waals surface area contributed by atoms with Crippen LogP contribution >= 0.6 is 0 Å². The van der Waals surface area contributed by atoms with E-state index >= 15 is 0 Å². The van der Waals surface area contributed by atoms with E-state index < -0.39 is 17.5 Å². The number of halogens is 2. The summed E-state index contributed by atoms with van der Waals surface area (Å²) in [7, 11) is 0. The van der Waals surface area contributed by atoms with Crippen molar-refractivity contribution in [1.82, 2.24) is 10.2 Å². The van der Waals surface area contributed by atoms with Crippen molar-refractivity contribution >= 4 is 11.7 Å². The van der Waals surface area contributed by atoms with E-state index in [9.17, 15) is 13.6 Å². The Hall–Kier alpha value is -2.57. The van der Waals surface area contributed by atoms with Crippen LogP contribution in [0, 0.1) is 17.6 Å². The summed E-state index contributed by atoms with van der Waals surface area (Å²) in [6.45, 7) is 1.67. The molecule has 1 aliphatic heterocycles. The molecule has 0 unspecified atom stereocenters. The van der Waals surface area contributed by atoms with Crippen molar-refractivity contribution in [2.45, 2.75) is 25.7 Å². The Morgan fingerprint density at radius 3 is 2.52 bits per heavy atom. The molecule has 0 atom stereocenters. The third kappa shape index (κ3) is 4.29. The number of nitrogens with zero attached hydrogens (tertiary/aromatic N) is 3. The van der Waals surface area contributed by atoms with Crippen molar-refractivity contribution in [3.8, 4) is 0 Å². The monoisotopic (exact) mass is 346 g/mol. The Morgan fingerprint density at radius 1 is 1.16 bits per heavy atom. The maximum absolute atomic E-state index is 13.7. The summed E-state index contributed by atoms with van der Waals surface area (Å²) in [5.74, 6) is -0.377. The van der Waals surface area contributed by atoms with Crippen molar-refractivity contribution in [2.24, 2.45) is 11.7 Å². The third-order valence-electron chi connectivity index (χ3n) is 4.68. The second-order valence-electron chi connectivity index (χ2n) is 6.35. The zero-order valence-corrected chi connectivity index (χ0v) is 13.8. The number of piperidine rings is 1. The number of benzene rings is 1. The molecule has 1 aliphatic rings. The molecule has 1 fully saturated rings. The van der Waals surface area contributed by atoms with Crippen molar-refractivity contribution in [2.75, 3.05) is 18.0 Å². The van der Waals surface area contributed by atoms with Crippen molar-refractivity contribution in [3.63, 3.8) is 0 Å². The zero-order chi connectivity index (χ0) is 17.8. The first-order valence-corrected chi connectivity index (χ1v) is 8.35. The predicted octanol–water partition coefficient (Wildman–Crippen LogP) is 2.70. The predicted molar refractivity (Wildman–Crippen MR) is 90.2 cm³/mol. The van der Waals surface area contributed by atoms with Crippen LogP contribution in [-0.4, -0.2) is 29.2 Å². The molecule has 1 amide bonds. The number of aromatic nitrogens is 2. The van der Waals surface area contributed by atoms with Gasteiger partial charge in [0.2, 0.25) is 0 Å². The van der Waals surface area contributed by atoms with Gasteiger partial charge in [-0.25, -0.2) is 8.78 Å². The SMILES string of the molecule is NC(=O)c1ccc(N2CCC(CCc3ccc(F)cc3F)CC2)nn1. The Morgan fingerprint density at radius 2 is 1.92 bits per heavy atom. The third-order valence-corrected chi connectivity index (χ3v) is 4.68. The topological polar surface area (TPSA) is 72.1 Å². The maximum Gasteiger partial charge on any atom is 0.269 e. The van der Waals surface area contributed by atoms with Crippen molar-refractivity contribution in [1.29, 1.82) is 0 Å². The van der Waals surface area contributed by atoms with Gasteiger partial charge in [-0.15, -0.1) is 10.2 Å². The van der Waals surface area contributed by atoms with E-state index in [2.05, 4.69) is 15.1 Å². The van der Waals surface area contributed by atoms with Crippen molar-refractivity contribution in [3.05, 3.63) is 53.2 Å². The van der Waals surface area contributed by atoms with E-state index in [4.69, 9.17) is 5.73 Å². The molecule has 0 bridgehead atoms. The van der Waals surface area contributed by atoms with E-state index in [1.807, 2.05) is 0 Å². The molecule has 5 nitrogen and oxygen atoms in total. The Kier molecular flexibility index (Phi) is 5.21. The van der Waals surface area contributed by atoms with Crippen LogP contribution < -0.4 is 10.6 Å². The minimum absolute atomic E-state index is 0.153. The van der Waals surface area contributed by atoms with Gasteiger partial charge in [0.25, 0.3) is 5.91 Å². The minimum atomic E-state index is -0.592. The van der Waals surface area contributed by atoms with Gasteiger partial charge in [0.1, 0.15) is 11.6 Å². The molecular weight excluding hydrogens is 326 g/mol. The first kappa shape index (κ1) is 17.3.